The number of ketones is 2. The van der Waals surface area contributed by atoms with Crippen LogP contribution in [-0.2, 0) is 9.63 Å². The standard InChI is InChI=1S/C35H27NO4S/c1-22-8-9-23(2)32(20-22)33(36-40-24(3)37)35(39)27-14-18-31(19-15-27)41-30-16-12-26(13-17-30)34(38)29-11-10-25-6-4-5-7-28(25)21-29/h4-21H,1-3H3/b36-33-. The summed E-state index contributed by atoms with van der Waals surface area (Å²) < 4.78 is 0. The van der Waals surface area contributed by atoms with Crippen molar-refractivity contribution in [2.24, 2.45) is 5.16 Å². The molecule has 0 aromatic heterocycles. The molecular formula is C35H27NO4S. The first kappa shape index (κ1) is 27.7. The van der Waals surface area contributed by atoms with Crippen LogP contribution in [0.15, 0.2) is 124 Å². The molecule has 41 heavy (non-hydrogen) atoms. The van der Waals surface area contributed by atoms with E-state index >= 15 is 0 Å². The number of hydrogen-bond acceptors (Lipinski definition) is 6. The van der Waals surface area contributed by atoms with Gasteiger partial charge in [0.1, 0.15) is 0 Å². The number of hydrogen-bond donors (Lipinski definition) is 0. The van der Waals surface area contributed by atoms with Crippen LogP contribution in [-0.4, -0.2) is 23.2 Å². The number of nitrogens with zero attached hydrogens (tertiary/aromatic N) is 1. The van der Waals surface area contributed by atoms with E-state index in [0.29, 0.717) is 22.3 Å². The van der Waals surface area contributed by atoms with Gasteiger partial charge in [-0.25, -0.2) is 4.79 Å². The molecular weight excluding hydrogens is 530 g/mol. The van der Waals surface area contributed by atoms with Gasteiger partial charge in [-0.1, -0.05) is 71.0 Å². The minimum Gasteiger partial charge on any atom is -0.318 e. The van der Waals surface area contributed by atoms with Crippen molar-refractivity contribution in [2.45, 2.75) is 30.6 Å². The largest absolute Gasteiger partial charge is 0.332 e. The molecule has 0 heterocycles. The summed E-state index contributed by atoms with van der Waals surface area (Å²) in [6.07, 6.45) is 0. The molecule has 5 aromatic rings. The van der Waals surface area contributed by atoms with E-state index in [2.05, 4.69) is 5.16 Å². The van der Waals surface area contributed by atoms with Gasteiger partial charge in [0.25, 0.3) is 0 Å². The lowest BCUT2D eigenvalue weighted by Gasteiger charge is -2.10. The predicted molar refractivity (Wildman–Crippen MR) is 163 cm³/mol. The van der Waals surface area contributed by atoms with Gasteiger partial charge < -0.3 is 4.84 Å². The van der Waals surface area contributed by atoms with Crippen molar-refractivity contribution in [1.82, 2.24) is 0 Å². The topological polar surface area (TPSA) is 72.8 Å². The van der Waals surface area contributed by atoms with Crippen molar-refractivity contribution in [2.75, 3.05) is 0 Å². The second-order valence-corrected chi connectivity index (χ2v) is 10.9. The van der Waals surface area contributed by atoms with E-state index < -0.39 is 5.97 Å². The minimum atomic E-state index is -0.600. The van der Waals surface area contributed by atoms with Crippen molar-refractivity contribution in [3.05, 3.63) is 143 Å². The second-order valence-electron chi connectivity index (χ2n) is 9.71. The van der Waals surface area contributed by atoms with E-state index in [1.165, 1.54) is 18.7 Å². The highest BCUT2D eigenvalue weighted by atomic mass is 32.2. The van der Waals surface area contributed by atoms with Gasteiger partial charge in [0.15, 0.2) is 11.5 Å². The first-order chi connectivity index (χ1) is 19.8. The van der Waals surface area contributed by atoms with Gasteiger partial charge >= 0.3 is 5.97 Å². The molecule has 0 bridgehead atoms. The molecule has 0 atom stereocenters. The number of oxime groups is 1. The zero-order valence-corrected chi connectivity index (χ0v) is 23.7. The Morgan fingerprint density at radius 1 is 0.659 bits per heavy atom. The lowest BCUT2D eigenvalue weighted by molar-refractivity contribution is -0.140. The Balaban J connectivity index is 1.31. The monoisotopic (exact) mass is 557 g/mol. The number of aryl methyl sites for hydroxylation is 2. The third-order valence-electron chi connectivity index (χ3n) is 6.61. The highest BCUT2D eigenvalue weighted by Gasteiger charge is 2.20. The summed E-state index contributed by atoms with van der Waals surface area (Å²) in [7, 11) is 0. The van der Waals surface area contributed by atoms with Crippen LogP contribution >= 0.6 is 11.8 Å². The van der Waals surface area contributed by atoms with Crippen molar-refractivity contribution >= 4 is 45.8 Å². The maximum Gasteiger partial charge on any atom is 0.332 e. The van der Waals surface area contributed by atoms with Crippen LogP contribution in [0.4, 0.5) is 0 Å². The van der Waals surface area contributed by atoms with Crippen LogP contribution in [0.25, 0.3) is 10.8 Å². The Bertz CT molecular complexity index is 1810. The second kappa shape index (κ2) is 12.1. The lowest BCUT2D eigenvalue weighted by Crippen LogP contribution is -2.18. The van der Waals surface area contributed by atoms with Gasteiger partial charge in [-0.3, -0.25) is 9.59 Å². The van der Waals surface area contributed by atoms with Crippen molar-refractivity contribution in [3.63, 3.8) is 0 Å². The zero-order valence-electron chi connectivity index (χ0n) is 22.9. The molecule has 5 rings (SSSR count). The number of Topliss-reactive ketones (excluding diaryl/α,β-unsaturated/α-hetero) is 1. The van der Waals surface area contributed by atoms with Gasteiger partial charge in [-0.05, 0) is 90.8 Å². The Labute approximate surface area is 242 Å². The fourth-order valence-electron chi connectivity index (χ4n) is 4.43. The van der Waals surface area contributed by atoms with Gasteiger partial charge in [0, 0.05) is 39.0 Å². The summed E-state index contributed by atoms with van der Waals surface area (Å²) in [4.78, 5) is 44.7. The third kappa shape index (κ3) is 6.51. The molecule has 5 aromatic carbocycles. The van der Waals surface area contributed by atoms with Crippen LogP contribution in [0.1, 0.15) is 49.9 Å². The molecule has 202 valence electrons. The molecule has 0 fully saturated rings. The molecule has 0 N–H and O–H groups in total. The Morgan fingerprint density at radius 3 is 1.93 bits per heavy atom. The maximum atomic E-state index is 13.4. The number of rotatable bonds is 8. The SMILES string of the molecule is CC(=O)O/N=C(\C(=O)c1ccc(Sc2ccc(C(=O)c3ccc4ccccc4c3)cc2)cc1)c1cc(C)ccc1C. The molecule has 0 unspecified atom stereocenters. The summed E-state index contributed by atoms with van der Waals surface area (Å²) in [6.45, 7) is 5.05. The molecule has 5 nitrogen and oxygen atoms in total. The van der Waals surface area contributed by atoms with E-state index in [9.17, 15) is 14.4 Å². The first-order valence-electron chi connectivity index (χ1n) is 13.1. The lowest BCUT2D eigenvalue weighted by atomic mass is 9.96. The quantitative estimate of drug-likeness (QED) is 0.0837. The smallest absolute Gasteiger partial charge is 0.318 e. The molecule has 0 aliphatic carbocycles. The molecule has 0 aliphatic heterocycles. The number of carbonyl (C=O) groups excluding carboxylic acids is 3. The summed E-state index contributed by atoms with van der Waals surface area (Å²) in [5, 5.41) is 6.04. The number of fused-ring (bicyclic) bond motifs is 1. The van der Waals surface area contributed by atoms with Gasteiger partial charge in [0.2, 0.25) is 5.78 Å². The highest BCUT2D eigenvalue weighted by molar-refractivity contribution is 7.99. The fraction of sp³-hybridized carbons (Fsp3) is 0.0857. The first-order valence-corrected chi connectivity index (χ1v) is 13.9. The maximum absolute atomic E-state index is 13.4. The number of benzene rings is 5. The van der Waals surface area contributed by atoms with Crippen molar-refractivity contribution in [3.8, 4) is 0 Å². The molecule has 0 amide bonds. The zero-order chi connectivity index (χ0) is 28.9. The summed E-state index contributed by atoms with van der Waals surface area (Å²) in [5.41, 5.74) is 4.22. The molecule has 0 spiro atoms. The third-order valence-corrected chi connectivity index (χ3v) is 7.62. The van der Waals surface area contributed by atoms with Crippen LogP contribution in [0.5, 0.6) is 0 Å². The van der Waals surface area contributed by atoms with E-state index in [0.717, 1.165) is 31.7 Å². The summed E-state index contributed by atoms with van der Waals surface area (Å²) in [5.74, 6) is -0.962. The van der Waals surface area contributed by atoms with Crippen LogP contribution in [0, 0.1) is 13.8 Å². The van der Waals surface area contributed by atoms with Crippen LogP contribution in [0.2, 0.25) is 0 Å². The molecule has 0 saturated heterocycles. The average Bonchev–Trinajstić information content (AvgIpc) is 2.99. The Hall–Kier alpha value is -4.81. The highest BCUT2D eigenvalue weighted by Crippen LogP contribution is 2.29. The van der Waals surface area contributed by atoms with Gasteiger partial charge in [-0.15, -0.1) is 0 Å². The predicted octanol–water partition coefficient (Wildman–Crippen LogP) is 7.99. The van der Waals surface area contributed by atoms with Gasteiger partial charge in [-0.2, -0.15) is 0 Å². The summed E-state index contributed by atoms with van der Waals surface area (Å²) in [6, 6.07) is 34.1. The normalized spacial score (nSPS) is 11.3. The van der Waals surface area contributed by atoms with E-state index in [-0.39, 0.29) is 17.3 Å². The Morgan fingerprint density at radius 2 is 1.27 bits per heavy atom. The Kier molecular flexibility index (Phi) is 8.22. The van der Waals surface area contributed by atoms with E-state index in [1.807, 2.05) is 111 Å². The molecule has 0 aliphatic rings. The molecule has 0 saturated carbocycles. The number of carbonyl (C=O) groups is 3. The van der Waals surface area contributed by atoms with Crippen molar-refractivity contribution in [1.29, 1.82) is 0 Å². The average molecular weight is 558 g/mol. The van der Waals surface area contributed by atoms with Gasteiger partial charge in [0.05, 0.1) is 0 Å². The van der Waals surface area contributed by atoms with E-state index in [4.69, 9.17) is 4.84 Å². The minimum absolute atomic E-state index is 0.0229. The summed E-state index contributed by atoms with van der Waals surface area (Å²) >= 11 is 1.53. The van der Waals surface area contributed by atoms with Crippen LogP contribution < -0.4 is 0 Å². The van der Waals surface area contributed by atoms with Crippen LogP contribution in [0.3, 0.4) is 0 Å². The van der Waals surface area contributed by atoms with Crippen molar-refractivity contribution < 1.29 is 19.2 Å². The van der Waals surface area contributed by atoms with E-state index in [1.54, 1.807) is 12.1 Å². The fourth-order valence-corrected chi connectivity index (χ4v) is 5.25. The molecule has 0 radical (unpaired) electrons. The molecule has 6 heteroatoms.